The molecule has 5 nitrogen and oxygen atoms in total. The third-order valence-electron chi connectivity index (χ3n) is 2.77. The number of para-hydroxylation sites is 1. The van der Waals surface area contributed by atoms with Crippen LogP contribution in [0.25, 0.3) is 0 Å². The smallest absolute Gasteiger partial charge is 0.249 e. The van der Waals surface area contributed by atoms with E-state index >= 15 is 0 Å². The molecule has 0 saturated carbocycles. The maximum absolute atomic E-state index is 11.9. The van der Waals surface area contributed by atoms with Gasteiger partial charge in [-0.3, -0.25) is 9.59 Å². The Balaban J connectivity index is 2.24. The summed E-state index contributed by atoms with van der Waals surface area (Å²) >= 11 is 0. The molecule has 2 rings (SSSR count). The van der Waals surface area contributed by atoms with Crippen LogP contribution < -0.4 is 16.0 Å². The summed E-state index contributed by atoms with van der Waals surface area (Å²) in [5.74, 6) is -0.401. The lowest BCUT2D eigenvalue weighted by Gasteiger charge is -2.16. The Morgan fingerprint density at radius 3 is 2.88 bits per heavy atom. The van der Waals surface area contributed by atoms with Crippen molar-refractivity contribution < 1.29 is 9.59 Å². The fourth-order valence-electron chi connectivity index (χ4n) is 1.98. The van der Waals surface area contributed by atoms with Crippen LogP contribution in [-0.4, -0.2) is 24.9 Å². The second-order valence-corrected chi connectivity index (χ2v) is 3.91. The van der Waals surface area contributed by atoms with Crippen molar-refractivity contribution in [2.75, 3.05) is 18.0 Å². The molecule has 0 aromatic heterocycles. The molecule has 1 aromatic carbocycles. The number of anilines is 1. The molecule has 0 saturated heterocycles. The Labute approximate surface area is 99.6 Å². The monoisotopic (exact) mass is 233 g/mol. The minimum Gasteiger partial charge on any atom is -0.355 e. The maximum Gasteiger partial charge on any atom is 0.249 e. The van der Waals surface area contributed by atoms with E-state index in [1.54, 1.807) is 6.07 Å². The quantitative estimate of drug-likeness (QED) is 0.781. The zero-order valence-corrected chi connectivity index (χ0v) is 9.64. The largest absolute Gasteiger partial charge is 0.355 e. The first-order valence-corrected chi connectivity index (χ1v) is 5.57. The molecule has 1 unspecified atom stereocenters. The Morgan fingerprint density at radius 1 is 1.47 bits per heavy atom. The fourth-order valence-corrected chi connectivity index (χ4v) is 1.98. The predicted octanol–water partition coefficient (Wildman–Crippen LogP) is 0.169. The summed E-state index contributed by atoms with van der Waals surface area (Å²) in [7, 11) is 0. The van der Waals surface area contributed by atoms with Crippen LogP contribution in [0.5, 0.6) is 0 Å². The van der Waals surface area contributed by atoms with Gasteiger partial charge in [0.1, 0.15) is 12.6 Å². The van der Waals surface area contributed by atoms with Crippen molar-refractivity contribution >= 4 is 17.5 Å². The van der Waals surface area contributed by atoms with Crippen LogP contribution in [0, 0.1) is 0 Å². The van der Waals surface area contributed by atoms with Crippen molar-refractivity contribution in [3.63, 3.8) is 0 Å². The number of nitrogens with zero attached hydrogens (tertiary/aromatic N) is 1. The van der Waals surface area contributed by atoms with Crippen molar-refractivity contribution in [1.29, 1.82) is 0 Å². The first kappa shape index (κ1) is 11.6. The summed E-state index contributed by atoms with van der Waals surface area (Å²) in [6.07, 6.45) is 0. The number of carbonyl (C=O) groups is 2. The molecule has 1 aliphatic heterocycles. The Morgan fingerprint density at radius 2 is 2.18 bits per heavy atom. The number of amides is 2. The Hall–Kier alpha value is -1.88. The summed E-state index contributed by atoms with van der Waals surface area (Å²) in [6, 6.07) is 6.63. The average Bonchev–Trinajstić information content (AvgIpc) is 2.56. The van der Waals surface area contributed by atoms with E-state index in [1.165, 1.54) is 4.90 Å². The van der Waals surface area contributed by atoms with Gasteiger partial charge in [-0.1, -0.05) is 18.2 Å². The number of hydrogen-bond donors (Lipinski definition) is 2. The standard InChI is InChI=1S/C12H15N3O2/c1-2-14-10(16)7-15-9-6-4-3-5-8(9)11(13)12(15)17/h3-6,11H,2,7,13H2,1H3,(H,14,16). The van der Waals surface area contributed by atoms with E-state index < -0.39 is 6.04 Å². The molecule has 0 spiro atoms. The highest BCUT2D eigenvalue weighted by Crippen LogP contribution is 2.33. The van der Waals surface area contributed by atoms with Gasteiger partial charge in [0.2, 0.25) is 11.8 Å². The molecule has 5 heteroatoms. The predicted molar refractivity (Wildman–Crippen MR) is 64.4 cm³/mol. The van der Waals surface area contributed by atoms with Crippen LogP contribution in [-0.2, 0) is 9.59 Å². The van der Waals surface area contributed by atoms with E-state index in [4.69, 9.17) is 5.73 Å². The zero-order valence-electron chi connectivity index (χ0n) is 9.64. The summed E-state index contributed by atoms with van der Waals surface area (Å²) in [4.78, 5) is 24.9. The minimum absolute atomic E-state index is 0.0252. The van der Waals surface area contributed by atoms with Gasteiger partial charge in [-0.25, -0.2) is 0 Å². The van der Waals surface area contributed by atoms with E-state index in [0.717, 1.165) is 11.3 Å². The second kappa shape index (κ2) is 4.55. The number of benzene rings is 1. The molecule has 3 N–H and O–H groups in total. The van der Waals surface area contributed by atoms with E-state index in [-0.39, 0.29) is 18.4 Å². The van der Waals surface area contributed by atoms with Crippen LogP contribution in [0.2, 0.25) is 0 Å². The molecule has 0 fully saturated rings. The van der Waals surface area contributed by atoms with Gasteiger partial charge >= 0.3 is 0 Å². The van der Waals surface area contributed by atoms with Crippen molar-refractivity contribution in [2.24, 2.45) is 5.73 Å². The second-order valence-electron chi connectivity index (χ2n) is 3.91. The van der Waals surface area contributed by atoms with Gasteiger partial charge in [-0.05, 0) is 13.0 Å². The summed E-state index contributed by atoms with van der Waals surface area (Å²) in [5.41, 5.74) is 7.32. The lowest BCUT2D eigenvalue weighted by molar-refractivity contribution is -0.124. The summed E-state index contributed by atoms with van der Waals surface area (Å²) in [6.45, 7) is 2.41. The first-order valence-electron chi connectivity index (χ1n) is 5.57. The molecule has 0 radical (unpaired) electrons. The van der Waals surface area contributed by atoms with E-state index in [2.05, 4.69) is 5.32 Å². The molecular weight excluding hydrogens is 218 g/mol. The first-order chi connectivity index (χ1) is 8.15. The van der Waals surface area contributed by atoms with Gasteiger partial charge in [0.25, 0.3) is 0 Å². The Kier molecular flexibility index (Phi) is 3.10. The third kappa shape index (κ3) is 2.01. The van der Waals surface area contributed by atoms with Crippen LogP contribution in [0.15, 0.2) is 24.3 Å². The molecule has 1 heterocycles. The maximum atomic E-state index is 11.9. The highest BCUT2D eigenvalue weighted by Gasteiger charge is 2.35. The highest BCUT2D eigenvalue weighted by atomic mass is 16.2. The number of hydrogen-bond acceptors (Lipinski definition) is 3. The molecule has 0 bridgehead atoms. The summed E-state index contributed by atoms with van der Waals surface area (Å²) < 4.78 is 0. The molecule has 17 heavy (non-hydrogen) atoms. The van der Waals surface area contributed by atoms with Crippen molar-refractivity contribution in [3.8, 4) is 0 Å². The summed E-state index contributed by atoms with van der Waals surface area (Å²) in [5, 5.41) is 2.66. The highest BCUT2D eigenvalue weighted by molar-refractivity contribution is 6.07. The number of nitrogens with one attached hydrogen (secondary N) is 1. The number of fused-ring (bicyclic) bond motifs is 1. The van der Waals surface area contributed by atoms with E-state index in [0.29, 0.717) is 6.54 Å². The molecule has 1 aliphatic rings. The molecule has 1 atom stereocenters. The molecule has 2 amide bonds. The van der Waals surface area contributed by atoms with Gasteiger partial charge in [-0.15, -0.1) is 0 Å². The third-order valence-corrected chi connectivity index (χ3v) is 2.77. The molecular formula is C12H15N3O2. The van der Waals surface area contributed by atoms with Crippen LogP contribution in [0.1, 0.15) is 18.5 Å². The Bertz CT molecular complexity index is 459. The van der Waals surface area contributed by atoms with Gasteiger partial charge in [0.15, 0.2) is 0 Å². The molecule has 90 valence electrons. The lowest BCUT2D eigenvalue weighted by atomic mass is 10.1. The van der Waals surface area contributed by atoms with Gasteiger partial charge in [0.05, 0.1) is 0 Å². The average molecular weight is 233 g/mol. The van der Waals surface area contributed by atoms with Gasteiger partial charge in [0, 0.05) is 17.8 Å². The SMILES string of the molecule is CCNC(=O)CN1C(=O)C(N)c2ccccc21. The van der Waals surface area contributed by atoms with Crippen molar-refractivity contribution in [1.82, 2.24) is 5.32 Å². The van der Waals surface area contributed by atoms with E-state index in [9.17, 15) is 9.59 Å². The normalized spacial score (nSPS) is 18.1. The molecule has 1 aromatic rings. The van der Waals surface area contributed by atoms with Crippen LogP contribution in [0.4, 0.5) is 5.69 Å². The number of rotatable bonds is 3. The number of carbonyl (C=O) groups excluding carboxylic acids is 2. The number of likely N-dealkylation sites (N-methyl/N-ethyl adjacent to an activating group) is 1. The zero-order chi connectivity index (χ0) is 12.4. The fraction of sp³-hybridized carbons (Fsp3) is 0.333. The van der Waals surface area contributed by atoms with Crippen molar-refractivity contribution in [2.45, 2.75) is 13.0 Å². The van der Waals surface area contributed by atoms with Crippen LogP contribution >= 0.6 is 0 Å². The van der Waals surface area contributed by atoms with Crippen molar-refractivity contribution in [3.05, 3.63) is 29.8 Å². The number of nitrogens with two attached hydrogens (primary N) is 1. The van der Waals surface area contributed by atoms with Crippen LogP contribution in [0.3, 0.4) is 0 Å². The minimum atomic E-state index is -0.652. The van der Waals surface area contributed by atoms with Gasteiger partial charge < -0.3 is 16.0 Å². The van der Waals surface area contributed by atoms with E-state index in [1.807, 2.05) is 25.1 Å². The van der Waals surface area contributed by atoms with Gasteiger partial charge in [-0.2, -0.15) is 0 Å². The topological polar surface area (TPSA) is 75.4 Å². The lowest BCUT2D eigenvalue weighted by Crippen LogP contribution is -2.40. The molecule has 0 aliphatic carbocycles.